The molecule has 1 aliphatic rings. The smallest absolute Gasteiger partial charge is 0.194 e. The first-order valence-corrected chi connectivity index (χ1v) is 7.60. The van der Waals surface area contributed by atoms with Gasteiger partial charge in [0.05, 0.1) is 26.9 Å². The van der Waals surface area contributed by atoms with E-state index in [9.17, 15) is 5.11 Å². The molecular weight excluding hydrogens is 409 g/mol. The molecule has 2 N–H and O–H groups in total. The van der Waals surface area contributed by atoms with E-state index in [4.69, 9.17) is 9.47 Å². The minimum absolute atomic E-state index is 0. The molecule has 0 spiro atoms. The second-order valence-corrected chi connectivity index (χ2v) is 5.25. The number of methoxy groups -OCH3 is 2. The fraction of sp³-hybridized carbons (Fsp3) is 0.562. The number of benzene rings is 1. The van der Waals surface area contributed by atoms with Crippen molar-refractivity contribution < 1.29 is 14.6 Å². The Morgan fingerprint density at radius 1 is 1.35 bits per heavy atom. The predicted molar refractivity (Wildman–Crippen MR) is 102 cm³/mol. The van der Waals surface area contributed by atoms with Gasteiger partial charge in [0.15, 0.2) is 17.5 Å². The largest absolute Gasteiger partial charge is 0.493 e. The van der Waals surface area contributed by atoms with Gasteiger partial charge in [0.2, 0.25) is 0 Å². The van der Waals surface area contributed by atoms with Gasteiger partial charge in [0.1, 0.15) is 0 Å². The third-order valence-corrected chi connectivity index (χ3v) is 3.66. The van der Waals surface area contributed by atoms with Crippen molar-refractivity contribution in [2.45, 2.75) is 26.0 Å². The number of likely N-dealkylation sites (tertiary alicyclic amines) is 1. The molecule has 1 aromatic rings. The molecule has 0 aliphatic carbocycles. The lowest BCUT2D eigenvalue weighted by atomic mass is 10.2. The van der Waals surface area contributed by atoms with Crippen LogP contribution in [0.1, 0.15) is 18.9 Å². The molecular formula is C16H26IN3O3. The van der Waals surface area contributed by atoms with Gasteiger partial charge in [-0.3, -0.25) is 0 Å². The quantitative estimate of drug-likeness (QED) is 0.420. The standard InChI is InChI=1S/C16H25N3O3.HI/c1-4-17-16(19-8-7-13(20)11-19)18-10-12-5-6-14(21-2)15(9-12)22-3;/h5-6,9,13,20H,4,7-8,10-11H2,1-3H3,(H,17,18);1H/t13-;/m1./s1. The molecule has 2 rings (SSSR count). The summed E-state index contributed by atoms with van der Waals surface area (Å²) >= 11 is 0. The Kier molecular flexibility index (Phi) is 8.46. The Morgan fingerprint density at radius 3 is 2.65 bits per heavy atom. The zero-order valence-electron chi connectivity index (χ0n) is 13.9. The number of β-amino-alcohol motifs (C(OH)–C–C–N with tert-alkyl or cyclic N) is 1. The zero-order valence-corrected chi connectivity index (χ0v) is 16.2. The van der Waals surface area contributed by atoms with Crippen molar-refractivity contribution in [3.8, 4) is 11.5 Å². The van der Waals surface area contributed by atoms with Gasteiger partial charge in [-0.15, -0.1) is 24.0 Å². The van der Waals surface area contributed by atoms with Gasteiger partial charge in [0, 0.05) is 19.6 Å². The van der Waals surface area contributed by atoms with Gasteiger partial charge < -0.3 is 24.8 Å². The maximum atomic E-state index is 9.67. The number of nitrogens with zero attached hydrogens (tertiary/aromatic N) is 2. The highest BCUT2D eigenvalue weighted by Gasteiger charge is 2.22. The fourth-order valence-electron chi connectivity index (χ4n) is 2.51. The van der Waals surface area contributed by atoms with Crippen LogP contribution in [0.3, 0.4) is 0 Å². The molecule has 0 aromatic heterocycles. The number of ether oxygens (including phenoxy) is 2. The molecule has 1 aromatic carbocycles. The molecule has 0 saturated carbocycles. The van der Waals surface area contributed by atoms with Crippen molar-refractivity contribution in [2.24, 2.45) is 4.99 Å². The number of hydrogen-bond acceptors (Lipinski definition) is 4. The minimum Gasteiger partial charge on any atom is -0.493 e. The molecule has 0 amide bonds. The van der Waals surface area contributed by atoms with Crippen LogP contribution in [0.5, 0.6) is 11.5 Å². The van der Waals surface area contributed by atoms with Crippen molar-refractivity contribution >= 4 is 29.9 Å². The van der Waals surface area contributed by atoms with Gasteiger partial charge in [-0.1, -0.05) is 6.07 Å². The molecule has 0 unspecified atom stereocenters. The van der Waals surface area contributed by atoms with E-state index in [-0.39, 0.29) is 30.1 Å². The maximum Gasteiger partial charge on any atom is 0.194 e. The number of rotatable bonds is 5. The topological polar surface area (TPSA) is 66.3 Å². The van der Waals surface area contributed by atoms with E-state index < -0.39 is 0 Å². The van der Waals surface area contributed by atoms with E-state index in [0.717, 1.165) is 31.0 Å². The van der Waals surface area contributed by atoms with Crippen molar-refractivity contribution in [1.82, 2.24) is 10.2 Å². The number of aliphatic imine (C=N–C) groups is 1. The van der Waals surface area contributed by atoms with Crippen molar-refractivity contribution in [1.29, 1.82) is 0 Å². The van der Waals surface area contributed by atoms with Gasteiger partial charge in [-0.2, -0.15) is 0 Å². The third kappa shape index (κ3) is 5.42. The SMILES string of the molecule is CCNC(=NCc1ccc(OC)c(OC)c1)N1CC[C@@H](O)C1.I. The number of aliphatic hydroxyl groups is 1. The van der Waals surface area contributed by atoms with E-state index in [0.29, 0.717) is 24.6 Å². The molecule has 0 bridgehead atoms. The summed E-state index contributed by atoms with van der Waals surface area (Å²) in [7, 11) is 3.25. The van der Waals surface area contributed by atoms with E-state index in [1.165, 1.54) is 0 Å². The monoisotopic (exact) mass is 435 g/mol. The summed E-state index contributed by atoms with van der Waals surface area (Å²) in [6.45, 7) is 4.86. The van der Waals surface area contributed by atoms with Crippen LogP contribution >= 0.6 is 24.0 Å². The first-order valence-electron chi connectivity index (χ1n) is 7.60. The van der Waals surface area contributed by atoms with E-state index in [2.05, 4.69) is 15.2 Å². The average molecular weight is 435 g/mol. The highest BCUT2D eigenvalue weighted by molar-refractivity contribution is 14.0. The van der Waals surface area contributed by atoms with Crippen LogP contribution in [0.4, 0.5) is 0 Å². The van der Waals surface area contributed by atoms with Crippen LogP contribution in [-0.2, 0) is 6.54 Å². The highest BCUT2D eigenvalue weighted by Crippen LogP contribution is 2.27. The van der Waals surface area contributed by atoms with Crippen LogP contribution in [0, 0.1) is 0 Å². The summed E-state index contributed by atoms with van der Waals surface area (Å²) < 4.78 is 10.6. The van der Waals surface area contributed by atoms with Gasteiger partial charge in [-0.05, 0) is 31.0 Å². The summed E-state index contributed by atoms with van der Waals surface area (Å²) in [6, 6.07) is 5.80. The molecule has 23 heavy (non-hydrogen) atoms. The highest BCUT2D eigenvalue weighted by atomic mass is 127. The summed E-state index contributed by atoms with van der Waals surface area (Å²) in [5, 5.41) is 12.9. The third-order valence-electron chi connectivity index (χ3n) is 3.66. The number of hydrogen-bond donors (Lipinski definition) is 2. The van der Waals surface area contributed by atoms with Crippen LogP contribution in [0.2, 0.25) is 0 Å². The molecule has 1 heterocycles. The first-order chi connectivity index (χ1) is 10.7. The summed E-state index contributed by atoms with van der Waals surface area (Å²) in [5.41, 5.74) is 1.05. The maximum absolute atomic E-state index is 9.67. The van der Waals surface area contributed by atoms with Gasteiger partial charge in [0.25, 0.3) is 0 Å². The molecule has 130 valence electrons. The Bertz CT molecular complexity index is 525. The predicted octanol–water partition coefficient (Wildman–Crippen LogP) is 1.85. The Balaban J connectivity index is 0.00000264. The Hall–Kier alpha value is -1.22. The molecule has 1 aliphatic heterocycles. The number of aliphatic hydroxyl groups excluding tert-OH is 1. The number of guanidine groups is 1. The van der Waals surface area contributed by atoms with E-state index in [1.54, 1.807) is 14.2 Å². The van der Waals surface area contributed by atoms with Crippen LogP contribution in [0.15, 0.2) is 23.2 Å². The summed E-state index contributed by atoms with van der Waals surface area (Å²) in [4.78, 5) is 6.75. The fourth-order valence-corrected chi connectivity index (χ4v) is 2.51. The van der Waals surface area contributed by atoms with Crippen molar-refractivity contribution in [2.75, 3.05) is 33.9 Å². The van der Waals surface area contributed by atoms with Crippen molar-refractivity contribution in [3.05, 3.63) is 23.8 Å². The van der Waals surface area contributed by atoms with Crippen LogP contribution in [0.25, 0.3) is 0 Å². The Labute approximate surface area is 154 Å². The molecule has 1 atom stereocenters. The molecule has 1 saturated heterocycles. The van der Waals surface area contributed by atoms with Crippen molar-refractivity contribution in [3.63, 3.8) is 0 Å². The normalized spacial score (nSPS) is 17.7. The molecule has 7 heteroatoms. The summed E-state index contributed by atoms with van der Waals surface area (Å²) in [5.74, 6) is 2.26. The van der Waals surface area contributed by atoms with Crippen LogP contribution in [-0.4, -0.2) is 55.9 Å². The van der Waals surface area contributed by atoms with Gasteiger partial charge >= 0.3 is 0 Å². The molecule has 0 radical (unpaired) electrons. The summed E-state index contributed by atoms with van der Waals surface area (Å²) in [6.07, 6.45) is 0.533. The lowest BCUT2D eigenvalue weighted by molar-refractivity contribution is 0.188. The number of nitrogens with one attached hydrogen (secondary N) is 1. The lowest BCUT2D eigenvalue weighted by Crippen LogP contribution is -2.40. The lowest BCUT2D eigenvalue weighted by Gasteiger charge is -2.21. The van der Waals surface area contributed by atoms with E-state index in [1.807, 2.05) is 25.1 Å². The molecule has 6 nitrogen and oxygen atoms in total. The second kappa shape index (κ2) is 9.82. The average Bonchev–Trinajstić information content (AvgIpc) is 2.97. The zero-order chi connectivity index (χ0) is 15.9. The van der Waals surface area contributed by atoms with E-state index >= 15 is 0 Å². The first kappa shape index (κ1) is 19.8. The number of halogens is 1. The molecule has 1 fully saturated rings. The van der Waals surface area contributed by atoms with Gasteiger partial charge in [-0.25, -0.2) is 4.99 Å². The van der Waals surface area contributed by atoms with Crippen LogP contribution < -0.4 is 14.8 Å². The minimum atomic E-state index is -0.259. The Morgan fingerprint density at radius 2 is 2.09 bits per heavy atom. The second-order valence-electron chi connectivity index (χ2n) is 5.25.